The Balaban J connectivity index is 2.22. The van der Waals surface area contributed by atoms with E-state index in [9.17, 15) is 13.2 Å². The van der Waals surface area contributed by atoms with Gasteiger partial charge in [-0.25, -0.2) is 0 Å². The van der Waals surface area contributed by atoms with Crippen molar-refractivity contribution in [1.82, 2.24) is 8.61 Å². The van der Waals surface area contributed by atoms with Crippen LogP contribution < -0.4 is 5.73 Å². The molecule has 0 radical (unpaired) electrons. The average Bonchev–Trinajstić information content (AvgIpc) is 2.89. The van der Waals surface area contributed by atoms with E-state index in [0.29, 0.717) is 6.54 Å². The number of piperidine rings is 1. The van der Waals surface area contributed by atoms with Crippen LogP contribution in [0, 0.1) is 0 Å². The predicted molar refractivity (Wildman–Crippen MR) is 77.1 cm³/mol. The Labute approximate surface area is 121 Å². The fraction of sp³-hybridized carbons (Fsp3) is 0.923. The molecule has 1 amide bonds. The summed E-state index contributed by atoms with van der Waals surface area (Å²) in [7, 11) is -3.59. The third-order valence-corrected chi connectivity index (χ3v) is 6.53. The number of carbonyl (C=O) groups excluding carboxylic acids is 1. The molecule has 20 heavy (non-hydrogen) atoms. The fourth-order valence-corrected chi connectivity index (χ4v) is 5.36. The molecule has 1 atom stereocenters. The summed E-state index contributed by atoms with van der Waals surface area (Å²) in [6.45, 7) is 2.29. The van der Waals surface area contributed by atoms with E-state index in [-0.39, 0.29) is 18.6 Å². The molecule has 2 rings (SSSR count). The quantitative estimate of drug-likeness (QED) is 0.816. The van der Waals surface area contributed by atoms with E-state index in [4.69, 9.17) is 5.73 Å². The molecule has 2 aliphatic rings. The van der Waals surface area contributed by atoms with Gasteiger partial charge in [-0.3, -0.25) is 4.79 Å². The van der Waals surface area contributed by atoms with Crippen LogP contribution in [0.15, 0.2) is 0 Å². The lowest BCUT2D eigenvalue weighted by atomic mass is 10.1. The summed E-state index contributed by atoms with van der Waals surface area (Å²) < 4.78 is 28.6. The highest BCUT2D eigenvalue weighted by atomic mass is 32.2. The van der Waals surface area contributed by atoms with Crippen molar-refractivity contribution in [3.05, 3.63) is 0 Å². The SMILES string of the molecule is CC1CCCCN1S(=O)(=O)N(CC(N)=O)C1CCCC1. The molecule has 1 aliphatic heterocycles. The molecular formula is C13H25N3O3S. The lowest BCUT2D eigenvalue weighted by Crippen LogP contribution is -2.54. The minimum Gasteiger partial charge on any atom is -0.369 e. The van der Waals surface area contributed by atoms with Crippen LogP contribution in [-0.2, 0) is 15.0 Å². The Kier molecular flexibility index (Phi) is 5.04. The molecule has 6 nitrogen and oxygen atoms in total. The molecule has 2 N–H and O–H groups in total. The van der Waals surface area contributed by atoms with E-state index in [1.165, 1.54) is 4.31 Å². The van der Waals surface area contributed by atoms with E-state index >= 15 is 0 Å². The molecule has 1 unspecified atom stereocenters. The first kappa shape index (κ1) is 15.7. The zero-order valence-electron chi connectivity index (χ0n) is 12.1. The molecule has 2 fully saturated rings. The second-order valence-corrected chi connectivity index (χ2v) is 7.75. The molecule has 1 saturated carbocycles. The molecule has 1 heterocycles. The highest BCUT2D eigenvalue weighted by molar-refractivity contribution is 7.86. The van der Waals surface area contributed by atoms with E-state index in [1.807, 2.05) is 6.92 Å². The summed E-state index contributed by atoms with van der Waals surface area (Å²) in [4.78, 5) is 11.3. The molecule has 1 aliphatic carbocycles. The molecule has 116 valence electrons. The van der Waals surface area contributed by atoms with Crippen LogP contribution in [0.5, 0.6) is 0 Å². The van der Waals surface area contributed by atoms with Gasteiger partial charge >= 0.3 is 0 Å². The van der Waals surface area contributed by atoms with E-state index < -0.39 is 16.1 Å². The normalized spacial score (nSPS) is 26.2. The van der Waals surface area contributed by atoms with Crippen LogP contribution >= 0.6 is 0 Å². The summed E-state index contributed by atoms with van der Waals surface area (Å²) in [5, 5.41) is 0. The summed E-state index contributed by atoms with van der Waals surface area (Å²) in [5.74, 6) is -0.579. The van der Waals surface area contributed by atoms with Gasteiger partial charge in [-0.15, -0.1) is 0 Å². The second-order valence-electron chi connectivity index (χ2n) is 5.91. The van der Waals surface area contributed by atoms with Crippen molar-refractivity contribution in [2.45, 2.75) is 64.0 Å². The molecule has 0 aromatic heterocycles. The number of hydrogen-bond donors (Lipinski definition) is 1. The van der Waals surface area contributed by atoms with E-state index in [0.717, 1.165) is 44.9 Å². The number of primary amides is 1. The highest BCUT2D eigenvalue weighted by Gasteiger charge is 2.39. The largest absolute Gasteiger partial charge is 0.369 e. The fourth-order valence-electron chi connectivity index (χ4n) is 3.29. The first-order valence-electron chi connectivity index (χ1n) is 7.50. The molecule has 0 spiro atoms. The van der Waals surface area contributed by atoms with Crippen LogP contribution in [0.2, 0.25) is 0 Å². The molecule has 0 bridgehead atoms. The predicted octanol–water partition coefficient (Wildman–Crippen LogP) is 0.835. The van der Waals surface area contributed by atoms with Gasteiger partial charge in [-0.1, -0.05) is 19.3 Å². The van der Waals surface area contributed by atoms with Gasteiger partial charge in [0.2, 0.25) is 5.91 Å². The number of rotatable bonds is 5. The lowest BCUT2D eigenvalue weighted by Gasteiger charge is -2.38. The first-order chi connectivity index (χ1) is 9.43. The minimum atomic E-state index is -3.59. The Bertz CT molecular complexity index is 446. The standard InChI is InChI=1S/C13H25N3O3S/c1-11-6-4-5-9-15(11)20(18,19)16(10-13(14)17)12-7-2-3-8-12/h11-12H,2-10H2,1H3,(H2,14,17). The summed E-state index contributed by atoms with van der Waals surface area (Å²) in [5.41, 5.74) is 5.26. The van der Waals surface area contributed by atoms with E-state index in [1.54, 1.807) is 4.31 Å². The Morgan fingerprint density at radius 3 is 2.35 bits per heavy atom. The summed E-state index contributed by atoms with van der Waals surface area (Å²) in [6.07, 6.45) is 6.53. The maximum atomic E-state index is 12.9. The van der Waals surface area contributed by atoms with Crippen LogP contribution in [0.4, 0.5) is 0 Å². The third-order valence-electron chi connectivity index (χ3n) is 4.38. The first-order valence-corrected chi connectivity index (χ1v) is 8.89. The van der Waals surface area contributed by atoms with Crippen molar-refractivity contribution in [1.29, 1.82) is 0 Å². The topological polar surface area (TPSA) is 83.7 Å². The highest BCUT2D eigenvalue weighted by Crippen LogP contribution is 2.29. The van der Waals surface area contributed by atoms with Crippen LogP contribution in [0.1, 0.15) is 51.9 Å². The molecule has 1 saturated heterocycles. The number of carbonyl (C=O) groups is 1. The van der Waals surface area contributed by atoms with Gasteiger partial charge in [0.1, 0.15) is 0 Å². The molecular weight excluding hydrogens is 278 g/mol. The zero-order chi connectivity index (χ0) is 14.8. The molecule has 0 aromatic rings. The van der Waals surface area contributed by atoms with E-state index in [2.05, 4.69) is 0 Å². The van der Waals surface area contributed by atoms with Gasteiger partial charge < -0.3 is 5.73 Å². The monoisotopic (exact) mass is 303 g/mol. The van der Waals surface area contributed by atoms with Crippen LogP contribution in [0.3, 0.4) is 0 Å². The summed E-state index contributed by atoms with van der Waals surface area (Å²) in [6, 6.07) is -0.0628. The Morgan fingerprint density at radius 1 is 1.20 bits per heavy atom. The number of nitrogens with zero attached hydrogens (tertiary/aromatic N) is 2. The summed E-state index contributed by atoms with van der Waals surface area (Å²) >= 11 is 0. The smallest absolute Gasteiger partial charge is 0.282 e. The van der Waals surface area contributed by atoms with Crippen molar-refractivity contribution < 1.29 is 13.2 Å². The van der Waals surface area contributed by atoms with Gasteiger partial charge in [-0.05, 0) is 32.6 Å². The molecule has 0 aromatic carbocycles. The lowest BCUT2D eigenvalue weighted by molar-refractivity contribution is -0.118. The maximum absolute atomic E-state index is 12.9. The van der Waals surface area contributed by atoms with Crippen LogP contribution in [0.25, 0.3) is 0 Å². The second kappa shape index (κ2) is 6.41. The zero-order valence-corrected chi connectivity index (χ0v) is 12.9. The maximum Gasteiger partial charge on any atom is 0.282 e. The Morgan fingerprint density at radius 2 is 1.80 bits per heavy atom. The molecule has 7 heteroatoms. The van der Waals surface area contributed by atoms with Gasteiger partial charge in [-0.2, -0.15) is 17.0 Å². The van der Waals surface area contributed by atoms with Gasteiger partial charge in [0, 0.05) is 18.6 Å². The number of nitrogens with two attached hydrogens (primary N) is 1. The average molecular weight is 303 g/mol. The third kappa shape index (κ3) is 3.32. The van der Waals surface area contributed by atoms with Gasteiger partial charge in [0.15, 0.2) is 0 Å². The van der Waals surface area contributed by atoms with Gasteiger partial charge in [0.25, 0.3) is 10.2 Å². The van der Waals surface area contributed by atoms with Crippen molar-refractivity contribution in [2.24, 2.45) is 5.73 Å². The minimum absolute atomic E-state index is 0.00512. The van der Waals surface area contributed by atoms with Crippen LogP contribution in [-0.4, -0.2) is 48.1 Å². The van der Waals surface area contributed by atoms with Crippen molar-refractivity contribution >= 4 is 16.1 Å². The van der Waals surface area contributed by atoms with Crippen molar-refractivity contribution in [3.63, 3.8) is 0 Å². The Hall–Kier alpha value is -0.660. The number of amides is 1. The van der Waals surface area contributed by atoms with Gasteiger partial charge in [0.05, 0.1) is 6.54 Å². The van der Waals surface area contributed by atoms with Crippen molar-refractivity contribution in [2.75, 3.05) is 13.1 Å². The van der Waals surface area contributed by atoms with Crippen molar-refractivity contribution in [3.8, 4) is 0 Å². The number of hydrogen-bond acceptors (Lipinski definition) is 3.